The van der Waals surface area contributed by atoms with Gasteiger partial charge in [-0.05, 0) is 18.5 Å². The SMILES string of the molecule is O=C1OCCC2(CCNC2)N1Cc1ccccc1. The largest absolute Gasteiger partial charge is 0.449 e. The first kappa shape index (κ1) is 11.5. The summed E-state index contributed by atoms with van der Waals surface area (Å²) in [7, 11) is 0. The van der Waals surface area contributed by atoms with Gasteiger partial charge in [-0.25, -0.2) is 4.79 Å². The van der Waals surface area contributed by atoms with Crippen LogP contribution in [0.2, 0.25) is 0 Å². The van der Waals surface area contributed by atoms with Crippen molar-refractivity contribution in [2.24, 2.45) is 0 Å². The van der Waals surface area contributed by atoms with Gasteiger partial charge in [-0.3, -0.25) is 4.90 Å². The number of hydrogen-bond donors (Lipinski definition) is 1. The number of nitrogens with zero attached hydrogens (tertiary/aromatic N) is 1. The molecular formula is C14H18N2O2. The molecule has 1 N–H and O–H groups in total. The minimum absolute atomic E-state index is 0.0365. The molecule has 2 saturated heterocycles. The van der Waals surface area contributed by atoms with E-state index in [0.717, 1.165) is 31.5 Å². The van der Waals surface area contributed by atoms with Gasteiger partial charge in [0.05, 0.1) is 12.1 Å². The molecule has 4 heteroatoms. The monoisotopic (exact) mass is 246 g/mol. The minimum atomic E-state index is -0.172. The minimum Gasteiger partial charge on any atom is -0.449 e. The number of amides is 1. The van der Waals surface area contributed by atoms with E-state index in [0.29, 0.717) is 13.2 Å². The molecule has 1 atom stereocenters. The van der Waals surface area contributed by atoms with Gasteiger partial charge >= 0.3 is 6.09 Å². The fourth-order valence-corrected chi connectivity index (χ4v) is 2.91. The number of carbonyl (C=O) groups is 1. The molecular weight excluding hydrogens is 228 g/mol. The molecule has 4 nitrogen and oxygen atoms in total. The van der Waals surface area contributed by atoms with Crippen molar-refractivity contribution in [3.8, 4) is 0 Å². The van der Waals surface area contributed by atoms with Gasteiger partial charge in [-0.1, -0.05) is 30.3 Å². The number of cyclic esters (lactones) is 1. The van der Waals surface area contributed by atoms with Crippen molar-refractivity contribution in [3.05, 3.63) is 35.9 Å². The topological polar surface area (TPSA) is 41.6 Å². The maximum absolute atomic E-state index is 12.0. The van der Waals surface area contributed by atoms with Crippen LogP contribution in [0.1, 0.15) is 18.4 Å². The number of nitrogens with one attached hydrogen (secondary N) is 1. The Balaban J connectivity index is 1.84. The first-order valence-corrected chi connectivity index (χ1v) is 6.49. The molecule has 0 bridgehead atoms. The van der Waals surface area contributed by atoms with E-state index < -0.39 is 0 Å². The predicted molar refractivity (Wildman–Crippen MR) is 68.2 cm³/mol. The van der Waals surface area contributed by atoms with Crippen LogP contribution in [0.4, 0.5) is 4.79 Å². The zero-order chi connectivity index (χ0) is 12.4. The van der Waals surface area contributed by atoms with Gasteiger partial charge in [0, 0.05) is 19.5 Å². The van der Waals surface area contributed by atoms with Crippen LogP contribution in [0, 0.1) is 0 Å². The summed E-state index contributed by atoms with van der Waals surface area (Å²) in [6, 6.07) is 10.1. The molecule has 2 heterocycles. The summed E-state index contributed by atoms with van der Waals surface area (Å²) in [6.07, 6.45) is 1.78. The van der Waals surface area contributed by atoms with Crippen LogP contribution >= 0.6 is 0 Å². The van der Waals surface area contributed by atoms with E-state index in [4.69, 9.17) is 4.74 Å². The molecule has 1 aromatic carbocycles. The Bertz CT molecular complexity index is 427. The number of benzene rings is 1. The van der Waals surface area contributed by atoms with Crippen molar-refractivity contribution in [1.29, 1.82) is 0 Å². The lowest BCUT2D eigenvalue weighted by Crippen LogP contribution is -2.56. The van der Waals surface area contributed by atoms with Gasteiger partial charge in [0.1, 0.15) is 0 Å². The first-order valence-electron chi connectivity index (χ1n) is 6.49. The van der Waals surface area contributed by atoms with Gasteiger partial charge < -0.3 is 10.1 Å². The number of carbonyl (C=O) groups excluding carboxylic acids is 1. The van der Waals surface area contributed by atoms with Crippen LogP contribution in [-0.4, -0.2) is 36.2 Å². The zero-order valence-electron chi connectivity index (χ0n) is 10.4. The fraction of sp³-hybridized carbons (Fsp3) is 0.500. The van der Waals surface area contributed by atoms with Crippen LogP contribution in [0.15, 0.2) is 30.3 Å². The highest BCUT2D eigenvalue weighted by Crippen LogP contribution is 2.32. The average molecular weight is 246 g/mol. The normalized spacial score (nSPS) is 27.6. The summed E-state index contributed by atoms with van der Waals surface area (Å²) in [5, 5.41) is 3.37. The highest BCUT2D eigenvalue weighted by molar-refractivity contribution is 5.70. The lowest BCUT2D eigenvalue weighted by Gasteiger charge is -2.43. The molecule has 0 saturated carbocycles. The molecule has 3 rings (SSSR count). The van der Waals surface area contributed by atoms with Gasteiger partial charge in [0.15, 0.2) is 0 Å². The second-order valence-electron chi connectivity index (χ2n) is 5.09. The summed E-state index contributed by atoms with van der Waals surface area (Å²) < 4.78 is 5.21. The van der Waals surface area contributed by atoms with Crippen LogP contribution in [0.25, 0.3) is 0 Å². The first-order chi connectivity index (χ1) is 8.80. The second-order valence-corrected chi connectivity index (χ2v) is 5.09. The Kier molecular flexibility index (Phi) is 2.96. The Morgan fingerprint density at radius 2 is 2.11 bits per heavy atom. The Morgan fingerprint density at radius 1 is 1.28 bits per heavy atom. The lowest BCUT2D eigenvalue weighted by atomic mass is 9.91. The third-order valence-corrected chi connectivity index (χ3v) is 3.99. The molecule has 2 aliphatic rings. The summed E-state index contributed by atoms with van der Waals surface area (Å²) in [6.45, 7) is 3.06. The molecule has 1 spiro atoms. The molecule has 1 aromatic rings. The maximum Gasteiger partial charge on any atom is 0.410 e. The predicted octanol–water partition coefficient (Wildman–Crippen LogP) is 1.76. The Labute approximate surface area is 107 Å². The highest BCUT2D eigenvalue weighted by Gasteiger charge is 2.45. The van der Waals surface area contributed by atoms with E-state index in [1.54, 1.807) is 0 Å². The molecule has 1 unspecified atom stereocenters. The second kappa shape index (κ2) is 4.61. The number of rotatable bonds is 2. The maximum atomic E-state index is 12.0. The van der Waals surface area contributed by atoms with Crippen molar-refractivity contribution >= 4 is 6.09 Å². The van der Waals surface area contributed by atoms with Crippen molar-refractivity contribution in [1.82, 2.24) is 10.2 Å². The lowest BCUT2D eigenvalue weighted by molar-refractivity contribution is -0.000739. The number of ether oxygens (including phenoxy) is 1. The van der Waals surface area contributed by atoms with E-state index in [1.165, 1.54) is 0 Å². The van der Waals surface area contributed by atoms with E-state index in [-0.39, 0.29) is 11.6 Å². The molecule has 96 valence electrons. The Morgan fingerprint density at radius 3 is 2.83 bits per heavy atom. The smallest absolute Gasteiger partial charge is 0.410 e. The van der Waals surface area contributed by atoms with Crippen molar-refractivity contribution in [3.63, 3.8) is 0 Å². The van der Waals surface area contributed by atoms with Crippen LogP contribution in [0.3, 0.4) is 0 Å². The third kappa shape index (κ3) is 1.97. The van der Waals surface area contributed by atoms with Gasteiger partial charge in [0.25, 0.3) is 0 Å². The molecule has 2 aliphatic heterocycles. The van der Waals surface area contributed by atoms with Gasteiger partial charge in [-0.15, -0.1) is 0 Å². The van der Waals surface area contributed by atoms with Crippen LogP contribution in [-0.2, 0) is 11.3 Å². The summed E-state index contributed by atoms with van der Waals surface area (Å²) >= 11 is 0. The van der Waals surface area contributed by atoms with E-state index in [1.807, 2.05) is 23.1 Å². The van der Waals surface area contributed by atoms with Gasteiger partial charge in [0.2, 0.25) is 0 Å². The van der Waals surface area contributed by atoms with Crippen molar-refractivity contribution in [2.75, 3.05) is 19.7 Å². The summed E-state index contributed by atoms with van der Waals surface area (Å²) in [4.78, 5) is 13.9. The molecule has 0 radical (unpaired) electrons. The highest BCUT2D eigenvalue weighted by atomic mass is 16.6. The average Bonchev–Trinajstić information content (AvgIpc) is 2.85. The van der Waals surface area contributed by atoms with E-state index in [2.05, 4.69) is 17.4 Å². The molecule has 1 amide bonds. The molecule has 2 fully saturated rings. The Hall–Kier alpha value is -1.55. The molecule has 0 aromatic heterocycles. The summed E-state index contributed by atoms with van der Waals surface area (Å²) in [5.74, 6) is 0. The van der Waals surface area contributed by atoms with Gasteiger partial charge in [-0.2, -0.15) is 0 Å². The van der Waals surface area contributed by atoms with Crippen molar-refractivity contribution in [2.45, 2.75) is 24.9 Å². The third-order valence-electron chi connectivity index (χ3n) is 3.99. The summed E-state index contributed by atoms with van der Waals surface area (Å²) in [5.41, 5.74) is 1.12. The number of hydrogen-bond acceptors (Lipinski definition) is 3. The van der Waals surface area contributed by atoms with Crippen LogP contribution < -0.4 is 5.32 Å². The van der Waals surface area contributed by atoms with E-state index in [9.17, 15) is 4.79 Å². The molecule has 0 aliphatic carbocycles. The standard InChI is InChI=1S/C14H18N2O2/c17-13-16(10-12-4-2-1-3-5-12)14(7-9-18-13)6-8-15-11-14/h1-5,15H,6-11H2. The fourth-order valence-electron chi connectivity index (χ4n) is 2.91. The van der Waals surface area contributed by atoms with Crippen LogP contribution in [0.5, 0.6) is 0 Å². The zero-order valence-corrected chi connectivity index (χ0v) is 10.4. The molecule has 18 heavy (non-hydrogen) atoms. The van der Waals surface area contributed by atoms with E-state index >= 15 is 0 Å². The quantitative estimate of drug-likeness (QED) is 0.864. The van der Waals surface area contributed by atoms with Crippen molar-refractivity contribution < 1.29 is 9.53 Å².